The minimum Gasteiger partial charge on any atom is -0.476 e. The Bertz CT molecular complexity index is 531. The number of carbonyl (C=O) groups is 1. The van der Waals surface area contributed by atoms with Crippen LogP contribution in [0.15, 0.2) is 6.07 Å². The maximum Gasteiger partial charge on any atom is 0.356 e. The van der Waals surface area contributed by atoms with Gasteiger partial charge in [0.1, 0.15) is 0 Å². The average molecular weight is 307 g/mol. The van der Waals surface area contributed by atoms with Crippen LogP contribution in [0.25, 0.3) is 0 Å². The van der Waals surface area contributed by atoms with Gasteiger partial charge in [-0.3, -0.25) is 4.68 Å². The molecule has 1 aliphatic carbocycles. The van der Waals surface area contributed by atoms with E-state index in [-0.39, 0.29) is 11.1 Å². The molecule has 2 heterocycles. The number of rotatable bonds is 6. The molecule has 1 aliphatic heterocycles. The van der Waals surface area contributed by atoms with Gasteiger partial charge in [-0.25, -0.2) is 4.79 Å². The van der Waals surface area contributed by atoms with Crippen LogP contribution in [-0.4, -0.2) is 40.1 Å². The van der Waals surface area contributed by atoms with Gasteiger partial charge in [0, 0.05) is 32.2 Å². The Labute approximate surface area is 130 Å². The quantitative estimate of drug-likeness (QED) is 0.840. The van der Waals surface area contributed by atoms with E-state index in [9.17, 15) is 4.79 Å². The molecule has 2 fully saturated rings. The topological polar surface area (TPSA) is 76.4 Å². The van der Waals surface area contributed by atoms with Gasteiger partial charge >= 0.3 is 5.97 Å². The monoisotopic (exact) mass is 307 g/mol. The van der Waals surface area contributed by atoms with Gasteiger partial charge in [0.15, 0.2) is 5.69 Å². The summed E-state index contributed by atoms with van der Waals surface area (Å²) in [5.41, 5.74) is 1.29. The van der Waals surface area contributed by atoms with Gasteiger partial charge in [-0.05, 0) is 38.2 Å². The number of hydrogen-bond acceptors (Lipinski definition) is 4. The van der Waals surface area contributed by atoms with Crippen molar-refractivity contribution in [1.29, 1.82) is 0 Å². The van der Waals surface area contributed by atoms with Crippen molar-refractivity contribution in [2.45, 2.75) is 51.2 Å². The molecule has 1 unspecified atom stereocenters. The van der Waals surface area contributed by atoms with E-state index < -0.39 is 5.97 Å². The molecule has 0 aromatic carbocycles. The van der Waals surface area contributed by atoms with E-state index in [1.165, 1.54) is 38.5 Å². The lowest BCUT2D eigenvalue weighted by atomic mass is 9.63. The summed E-state index contributed by atoms with van der Waals surface area (Å²) in [7, 11) is 1.78. The van der Waals surface area contributed by atoms with E-state index in [0.29, 0.717) is 12.6 Å². The van der Waals surface area contributed by atoms with E-state index in [1.807, 2.05) is 0 Å². The van der Waals surface area contributed by atoms with Crippen LogP contribution in [-0.2, 0) is 18.3 Å². The summed E-state index contributed by atoms with van der Waals surface area (Å²) in [6.45, 7) is 2.48. The highest BCUT2D eigenvalue weighted by atomic mass is 16.5. The summed E-state index contributed by atoms with van der Waals surface area (Å²) in [6.07, 6.45) is 7.78. The molecule has 1 saturated heterocycles. The Balaban J connectivity index is 1.56. The first kappa shape index (κ1) is 15.5. The summed E-state index contributed by atoms with van der Waals surface area (Å²) in [4.78, 5) is 10.9. The molecule has 22 heavy (non-hydrogen) atoms. The fourth-order valence-electron chi connectivity index (χ4n) is 3.68. The molecule has 1 saturated carbocycles. The second-order valence-electron chi connectivity index (χ2n) is 6.62. The Morgan fingerprint density at radius 2 is 2.32 bits per heavy atom. The van der Waals surface area contributed by atoms with Gasteiger partial charge in [0.25, 0.3) is 0 Å². The lowest BCUT2D eigenvalue weighted by Crippen LogP contribution is -2.50. The lowest BCUT2D eigenvalue weighted by Gasteiger charge is -2.49. The molecule has 2 N–H and O–H groups in total. The van der Waals surface area contributed by atoms with Gasteiger partial charge in [-0.1, -0.05) is 6.42 Å². The van der Waals surface area contributed by atoms with Gasteiger partial charge in [-0.15, -0.1) is 0 Å². The number of hydrogen-bond donors (Lipinski definition) is 2. The maximum absolute atomic E-state index is 10.9. The molecular formula is C16H25N3O3. The number of carboxylic acids is 1. The van der Waals surface area contributed by atoms with Crippen molar-refractivity contribution >= 4 is 5.97 Å². The summed E-state index contributed by atoms with van der Waals surface area (Å²) >= 11 is 0. The van der Waals surface area contributed by atoms with Crippen molar-refractivity contribution in [1.82, 2.24) is 15.1 Å². The van der Waals surface area contributed by atoms with Crippen LogP contribution >= 0.6 is 0 Å². The highest BCUT2D eigenvalue weighted by molar-refractivity contribution is 5.85. The van der Waals surface area contributed by atoms with E-state index in [1.54, 1.807) is 17.8 Å². The summed E-state index contributed by atoms with van der Waals surface area (Å²) in [6, 6.07) is 1.64. The third-order valence-corrected chi connectivity index (χ3v) is 5.19. The predicted molar refractivity (Wildman–Crippen MR) is 81.7 cm³/mol. The van der Waals surface area contributed by atoms with Crippen LogP contribution < -0.4 is 5.32 Å². The van der Waals surface area contributed by atoms with Crippen LogP contribution in [0.1, 0.15) is 54.7 Å². The van der Waals surface area contributed by atoms with Crippen LogP contribution in [0.2, 0.25) is 0 Å². The van der Waals surface area contributed by atoms with Crippen molar-refractivity contribution in [3.05, 3.63) is 17.5 Å². The van der Waals surface area contributed by atoms with Gasteiger partial charge in [0.2, 0.25) is 0 Å². The van der Waals surface area contributed by atoms with Crippen LogP contribution in [0.4, 0.5) is 0 Å². The average Bonchev–Trinajstić information content (AvgIpc) is 2.84. The zero-order valence-corrected chi connectivity index (χ0v) is 13.2. The third kappa shape index (κ3) is 3.03. The van der Waals surface area contributed by atoms with Gasteiger partial charge < -0.3 is 15.2 Å². The van der Waals surface area contributed by atoms with E-state index in [0.717, 1.165) is 18.8 Å². The molecule has 122 valence electrons. The highest BCUT2D eigenvalue weighted by Gasteiger charge is 2.44. The van der Waals surface area contributed by atoms with Crippen LogP contribution in [0, 0.1) is 5.41 Å². The zero-order valence-electron chi connectivity index (χ0n) is 13.2. The summed E-state index contributed by atoms with van der Waals surface area (Å²) < 4.78 is 7.65. The minimum atomic E-state index is -0.979. The van der Waals surface area contributed by atoms with Crippen molar-refractivity contribution < 1.29 is 14.6 Å². The second kappa shape index (κ2) is 6.38. The first-order chi connectivity index (χ1) is 10.6. The molecule has 0 bridgehead atoms. The molecule has 0 spiro atoms. The van der Waals surface area contributed by atoms with Crippen LogP contribution in [0.5, 0.6) is 0 Å². The number of ether oxygens (including phenoxy) is 1. The Morgan fingerprint density at radius 1 is 1.50 bits per heavy atom. The van der Waals surface area contributed by atoms with Crippen molar-refractivity contribution in [2.75, 3.05) is 13.2 Å². The molecule has 0 radical (unpaired) electrons. The lowest BCUT2D eigenvalue weighted by molar-refractivity contribution is -0.103. The van der Waals surface area contributed by atoms with Crippen molar-refractivity contribution in [3.63, 3.8) is 0 Å². The first-order valence-corrected chi connectivity index (χ1v) is 8.19. The Kier molecular flexibility index (Phi) is 4.49. The van der Waals surface area contributed by atoms with Crippen molar-refractivity contribution in [3.8, 4) is 0 Å². The first-order valence-electron chi connectivity index (χ1n) is 8.19. The summed E-state index contributed by atoms with van der Waals surface area (Å²) in [5.74, 6) is -0.979. The predicted octanol–water partition coefficient (Wildman–Crippen LogP) is 1.95. The molecule has 1 atom stereocenters. The van der Waals surface area contributed by atoms with E-state index in [4.69, 9.17) is 9.84 Å². The number of nitrogens with one attached hydrogen (secondary N) is 1. The van der Waals surface area contributed by atoms with E-state index in [2.05, 4.69) is 10.4 Å². The molecule has 6 nitrogen and oxygen atoms in total. The molecule has 1 aromatic rings. The number of carboxylic acid groups (broad SMARTS) is 1. The minimum absolute atomic E-state index is 0.105. The van der Waals surface area contributed by atoms with E-state index >= 15 is 0 Å². The Hall–Kier alpha value is -1.40. The maximum atomic E-state index is 10.9. The van der Waals surface area contributed by atoms with Crippen LogP contribution in [0.3, 0.4) is 0 Å². The number of nitrogens with zero attached hydrogens (tertiary/aromatic N) is 2. The number of aromatic carboxylic acids is 1. The zero-order chi connectivity index (χ0) is 15.6. The Morgan fingerprint density at radius 3 is 2.86 bits per heavy atom. The molecular weight excluding hydrogens is 282 g/mol. The highest BCUT2D eigenvalue weighted by Crippen LogP contribution is 2.47. The van der Waals surface area contributed by atoms with Crippen molar-refractivity contribution in [2.24, 2.45) is 12.5 Å². The smallest absolute Gasteiger partial charge is 0.356 e. The summed E-state index contributed by atoms with van der Waals surface area (Å²) in [5, 5.41) is 16.5. The SMILES string of the molecule is Cn1nc(C(=O)O)cc1CNCC1(C2CCCCO2)CCC1. The fourth-order valence-corrected chi connectivity index (χ4v) is 3.68. The number of aryl methyl sites for hydroxylation is 1. The normalized spacial score (nSPS) is 24.0. The molecule has 0 amide bonds. The van der Waals surface area contributed by atoms with Gasteiger partial charge in [0.05, 0.1) is 11.8 Å². The third-order valence-electron chi connectivity index (χ3n) is 5.19. The standard InChI is InChI=1S/C16H25N3O3/c1-19-12(9-13(18-19)15(20)21)10-17-11-16(6-4-7-16)14-5-2-3-8-22-14/h9,14,17H,2-8,10-11H2,1H3,(H,20,21). The largest absolute Gasteiger partial charge is 0.476 e. The molecule has 1 aromatic heterocycles. The second-order valence-corrected chi connectivity index (χ2v) is 6.62. The van der Waals surface area contributed by atoms with Gasteiger partial charge in [-0.2, -0.15) is 5.10 Å². The molecule has 2 aliphatic rings. The molecule has 3 rings (SSSR count). The molecule has 6 heteroatoms. The number of aromatic nitrogens is 2. The fraction of sp³-hybridized carbons (Fsp3) is 0.750.